The molecule has 0 fully saturated rings. The van der Waals surface area contributed by atoms with Gasteiger partial charge in [-0.05, 0) is 42.7 Å². The number of aromatic nitrogens is 2. The Morgan fingerprint density at radius 1 is 1.15 bits per heavy atom. The number of imidazole rings is 1. The van der Waals surface area contributed by atoms with Crippen LogP contribution in [0.3, 0.4) is 0 Å². The fraction of sp³-hybridized carbons (Fsp3) is 0.308. The Bertz CT molecular complexity index is 1170. The van der Waals surface area contributed by atoms with E-state index in [2.05, 4.69) is 16.9 Å². The number of carbonyl (C=O) groups is 2. The van der Waals surface area contributed by atoms with Gasteiger partial charge in [0.2, 0.25) is 5.90 Å². The highest BCUT2D eigenvalue weighted by atomic mass is 35.5. The highest BCUT2D eigenvalue weighted by Crippen LogP contribution is 2.43. The van der Waals surface area contributed by atoms with E-state index in [9.17, 15) is 9.59 Å². The minimum atomic E-state index is -1.27. The number of benzene rings is 2. The van der Waals surface area contributed by atoms with Crippen molar-refractivity contribution < 1.29 is 14.3 Å². The van der Waals surface area contributed by atoms with Crippen molar-refractivity contribution in [2.24, 2.45) is 12.0 Å². The number of rotatable bonds is 9. The Kier molecular flexibility index (Phi) is 6.75. The molecule has 0 bridgehead atoms. The van der Waals surface area contributed by atoms with Crippen molar-refractivity contribution in [2.45, 2.75) is 44.1 Å². The summed E-state index contributed by atoms with van der Waals surface area (Å²) in [7, 11) is 1.78. The average molecular weight is 464 g/mol. The summed E-state index contributed by atoms with van der Waals surface area (Å²) in [5.41, 5.74) is 0.262. The molecule has 7 heteroatoms. The monoisotopic (exact) mass is 463 g/mol. The third kappa shape index (κ3) is 4.62. The SMILES string of the molecule is CCCC[C@@]1([C@H](CC(=O)c2nccn2C)c2ccccc2)OC(c2ccc(Cl)cc2)=NC1=O. The molecule has 3 aromatic rings. The van der Waals surface area contributed by atoms with Crippen molar-refractivity contribution in [3.05, 3.63) is 89.0 Å². The molecule has 2 aromatic carbocycles. The normalized spacial score (nSPS) is 18.6. The van der Waals surface area contributed by atoms with Crippen LogP contribution in [0.4, 0.5) is 0 Å². The zero-order valence-corrected chi connectivity index (χ0v) is 19.5. The van der Waals surface area contributed by atoms with Crippen LogP contribution in [0.25, 0.3) is 0 Å². The number of nitrogens with zero attached hydrogens (tertiary/aromatic N) is 3. The number of halogens is 1. The number of Topliss-reactive ketones (excluding diaryl/α,β-unsaturated/α-hetero) is 1. The van der Waals surface area contributed by atoms with Crippen molar-refractivity contribution in [1.82, 2.24) is 9.55 Å². The molecule has 170 valence electrons. The van der Waals surface area contributed by atoms with E-state index in [4.69, 9.17) is 16.3 Å². The van der Waals surface area contributed by atoms with Gasteiger partial charge < -0.3 is 9.30 Å². The highest BCUT2D eigenvalue weighted by Gasteiger charge is 2.53. The van der Waals surface area contributed by atoms with Crippen molar-refractivity contribution in [3.8, 4) is 0 Å². The Morgan fingerprint density at radius 3 is 2.52 bits per heavy atom. The van der Waals surface area contributed by atoms with Crippen LogP contribution in [0.15, 0.2) is 72.0 Å². The number of ketones is 1. The maximum atomic E-state index is 13.5. The van der Waals surface area contributed by atoms with Crippen LogP contribution >= 0.6 is 11.6 Å². The van der Waals surface area contributed by atoms with Gasteiger partial charge in [-0.25, -0.2) is 4.98 Å². The number of ether oxygens (including phenoxy) is 1. The molecule has 0 N–H and O–H groups in total. The number of aryl methyl sites for hydroxylation is 1. The number of hydrogen-bond donors (Lipinski definition) is 0. The Balaban J connectivity index is 1.75. The predicted octanol–water partition coefficient (Wildman–Crippen LogP) is 5.36. The topological polar surface area (TPSA) is 73.6 Å². The van der Waals surface area contributed by atoms with E-state index in [0.29, 0.717) is 22.8 Å². The smallest absolute Gasteiger partial charge is 0.293 e. The summed E-state index contributed by atoms with van der Waals surface area (Å²) < 4.78 is 8.12. The first-order valence-corrected chi connectivity index (χ1v) is 11.5. The van der Waals surface area contributed by atoms with Crippen LogP contribution in [0, 0.1) is 0 Å². The lowest BCUT2D eigenvalue weighted by molar-refractivity contribution is -0.133. The van der Waals surface area contributed by atoms with Crippen molar-refractivity contribution in [3.63, 3.8) is 0 Å². The first-order valence-electron chi connectivity index (χ1n) is 11.1. The second-order valence-corrected chi connectivity index (χ2v) is 8.71. The quantitative estimate of drug-likeness (QED) is 0.400. The van der Waals surface area contributed by atoms with Gasteiger partial charge >= 0.3 is 0 Å². The van der Waals surface area contributed by atoms with E-state index >= 15 is 0 Å². The standard InChI is InChI=1S/C26H26ClN3O3/c1-3-4-14-26(25(32)29-24(33-26)19-10-12-20(27)13-11-19)21(18-8-6-5-7-9-18)17-22(31)23-28-15-16-30(23)2/h5-13,15-16,21H,3-4,14,17H2,1-2H3/t21-,26+/m1/s1. The molecule has 2 heterocycles. The van der Waals surface area contributed by atoms with Crippen LogP contribution in [0.5, 0.6) is 0 Å². The molecule has 0 unspecified atom stereocenters. The molecule has 0 spiro atoms. The summed E-state index contributed by atoms with van der Waals surface area (Å²) in [5.74, 6) is -0.412. The van der Waals surface area contributed by atoms with Crippen LogP contribution in [0.1, 0.15) is 60.3 Å². The van der Waals surface area contributed by atoms with Gasteiger partial charge in [-0.15, -0.1) is 0 Å². The number of unbranched alkanes of at least 4 members (excludes halogenated alkanes) is 1. The maximum Gasteiger partial charge on any atom is 0.293 e. The molecule has 1 amide bonds. The van der Waals surface area contributed by atoms with E-state index in [1.165, 1.54) is 0 Å². The molecule has 1 aromatic heterocycles. The van der Waals surface area contributed by atoms with Gasteiger partial charge in [0.15, 0.2) is 17.2 Å². The third-order valence-corrected chi connectivity index (χ3v) is 6.31. The number of aliphatic imine (C=N–C) groups is 1. The Hall–Kier alpha value is -3.25. The molecule has 2 atom stereocenters. The molecule has 0 saturated carbocycles. The zero-order valence-electron chi connectivity index (χ0n) is 18.7. The first kappa shape index (κ1) is 22.9. The maximum absolute atomic E-state index is 13.5. The van der Waals surface area contributed by atoms with E-state index < -0.39 is 11.5 Å². The predicted molar refractivity (Wildman–Crippen MR) is 128 cm³/mol. The molecule has 33 heavy (non-hydrogen) atoms. The summed E-state index contributed by atoms with van der Waals surface area (Å²) in [4.78, 5) is 35.3. The van der Waals surface area contributed by atoms with Gasteiger partial charge in [-0.2, -0.15) is 4.99 Å². The second kappa shape index (κ2) is 9.71. The lowest BCUT2D eigenvalue weighted by Crippen LogP contribution is -2.45. The van der Waals surface area contributed by atoms with Gasteiger partial charge in [-0.3, -0.25) is 9.59 Å². The van der Waals surface area contributed by atoms with Gasteiger partial charge in [0, 0.05) is 42.4 Å². The van der Waals surface area contributed by atoms with Gasteiger partial charge in [0.25, 0.3) is 5.91 Å². The van der Waals surface area contributed by atoms with E-state index in [1.54, 1.807) is 48.3 Å². The molecule has 1 aliphatic heterocycles. The van der Waals surface area contributed by atoms with Crippen molar-refractivity contribution in [2.75, 3.05) is 0 Å². The molecule has 0 aliphatic carbocycles. The van der Waals surface area contributed by atoms with Crippen LogP contribution in [0.2, 0.25) is 5.02 Å². The molecular weight excluding hydrogens is 438 g/mol. The Labute approximate surface area is 198 Å². The van der Waals surface area contributed by atoms with Crippen LogP contribution < -0.4 is 0 Å². The van der Waals surface area contributed by atoms with Crippen molar-refractivity contribution >= 4 is 29.2 Å². The summed E-state index contributed by atoms with van der Waals surface area (Å²) in [6.07, 6.45) is 5.50. The minimum absolute atomic E-state index is 0.0771. The molecule has 6 nitrogen and oxygen atoms in total. The Morgan fingerprint density at radius 2 is 1.88 bits per heavy atom. The van der Waals surface area contributed by atoms with Crippen LogP contribution in [-0.4, -0.2) is 32.7 Å². The highest BCUT2D eigenvalue weighted by molar-refractivity contribution is 6.30. The van der Waals surface area contributed by atoms with E-state index in [-0.39, 0.29) is 24.0 Å². The second-order valence-electron chi connectivity index (χ2n) is 8.28. The summed E-state index contributed by atoms with van der Waals surface area (Å²) in [6.45, 7) is 2.06. The molecule has 0 saturated heterocycles. The first-order chi connectivity index (χ1) is 15.9. The summed E-state index contributed by atoms with van der Waals surface area (Å²) >= 11 is 6.03. The number of amides is 1. The van der Waals surface area contributed by atoms with E-state index in [0.717, 1.165) is 18.4 Å². The summed E-state index contributed by atoms with van der Waals surface area (Å²) in [5, 5.41) is 0.587. The van der Waals surface area contributed by atoms with Gasteiger partial charge in [0.1, 0.15) is 0 Å². The van der Waals surface area contributed by atoms with Gasteiger partial charge in [-0.1, -0.05) is 55.3 Å². The van der Waals surface area contributed by atoms with Crippen molar-refractivity contribution in [1.29, 1.82) is 0 Å². The fourth-order valence-electron chi connectivity index (χ4n) is 4.28. The van der Waals surface area contributed by atoms with E-state index in [1.807, 2.05) is 30.3 Å². The molecule has 0 radical (unpaired) electrons. The minimum Gasteiger partial charge on any atom is -0.460 e. The average Bonchev–Trinajstić information content (AvgIpc) is 3.40. The molecule has 1 aliphatic rings. The third-order valence-electron chi connectivity index (χ3n) is 6.06. The lowest BCUT2D eigenvalue weighted by Gasteiger charge is -2.35. The zero-order chi connectivity index (χ0) is 23.4. The molecular formula is C26H26ClN3O3. The van der Waals surface area contributed by atoms with Gasteiger partial charge in [0.05, 0.1) is 0 Å². The lowest BCUT2D eigenvalue weighted by atomic mass is 9.75. The van der Waals surface area contributed by atoms with Crippen LogP contribution in [-0.2, 0) is 16.6 Å². The number of carbonyl (C=O) groups excluding carboxylic acids is 2. The fourth-order valence-corrected chi connectivity index (χ4v) is 4.41. The largest absolute Gasteiger partial charge is 0.460 e. The summed E-state index contributed by atoms with van der Waals surface area (Å²) in [6, 6.07) is 16.6. The number of hydrogen-bond acceptors (Lipinski definition) is 4. The molecule has 4 rings (SSSR count).